The fourth-order valence-electron chi connectivity index (χ4n) is 1.82. The molecule has 0 aromatic heterocycles. The van der Waals surface area contributed by atoms with E-state index in [4.69, 9.17) is 4.74 Å². The van der Waals surface area contributed by atoms with Gasteiger partial charge in [0.15, 0.2) is 5.96 Å². The summed E-state index contributed by atoms with van der Waals surface area (Å²) < 4.78 is 5.38. The van der Waals surface area contributed by atoms with E-state index in [9.17, 15) is 0 Å². The van der Waals surface area contributed by atoms with Gasteiger partial charge in [0.1, 0.15) is 0 Å². The molecule has 1 fully saturated rings. The molecular formula is C14H31IN4O. The van der Waals surface area contributed by atoms with Gasteiger partial charge in [-0.3, -0.25) is 9.89 Å². The summed E-state index contributed by atoms with van der Waals surface area (Å²) >= 11 is 0. The first-order valence-corrected chi connectivity index (χ1v) is 7.11. The molecule has 6 heteroatoms. The molecule has 0 heterocycles. The van der Waals surface area contributed by atoms with Gasteiger partial charge < -0.3 is 15.4 Å². The Balaban J connectivity index is 0.00000361. The number of nitrogens with one attached hydrogen (secondary N) is 2. The quantitative estimate of drug-likeness (QED) is 0.389. The van der Waals surface area contributed by atoms with E-state index < -0.39 is 0 Å². The fraction of sp³-hybridized carbons (Fsp3) is 0.929. The number of likely N-dealkylation sites (N-methyl/N-ethyl adjacent to an activating group) is 1. The van der Waals surface area contributed by atoms with Crippen molar-refractivity contribution >= 4 is 29.9 Å². The first-order valence-electron chi connectivity index (χ1n) is 7.11. The lowest BCUT2D eigenvalue weighted by Crippen LogP contribution is -2.48. The first-order chi connectivity index (χ1) is 8.89. The lowest BCUT2D eigenvalue weighted by Gasteiger charge is -2.27. The average Bonchev–Trinajstić information content (AvgIpc) is 3.22. The molecule has 0 saturated heterocycles. The average molecular weight is 398 g/mol. The van der Waals surface area contributed by atoms with Crippen LogP contribution in [-0.2, 0) is 4.74 Å². The molecule has 0 amide bonds. The Kier molecular flexibility index (Phi) is 9.01. The lowest BCUT2D eigenvalue weighted by molar-refractivity contribution is 0.0268. The Labute approximate surface area is 140 Å². The standard InChI is InChI=1S/C14H30N4O.HI/c1-11(18(5)12-7-8-12)9-16-13(15-4)17-10-14(2,3)19-6;/h11-12H,7-10H2,1-6H3,(H2,15,16,17);1H. The van der Waals surface area contributed by atoms with E-state index in [1.165, 1.54) is 12.8 Å². The number of rotatable bonds is 7. The third kappa shape index (κ3) is 7.08. The van der Waals surface area contributed by atoms with E-state index in [1.807, 2.05) is 0 Å². The highest BCUT2D eigenvalue weighted by Crippen LogP contribution is 2.26. The molecular weight excluding hydrogens is 367 g/mol. The Morgan fingerprint density at radius 1 is 1.40 bits per heavy atom. The van der Waals surface area contributed by atoms with Gasteiger partial charge in [-0.05, 0) is 40.7 Å². The first kappa shape index (κ1) is 19.9. The zero-order valence-electron chi connectivity index (χ0n) is 13.7. The summed E-state index contributed by atoms with van der Waals surface area (Å²) in [6.45, 7) is 7.99. The summed E-state index contributed by atoms with van der Waals surface area (Å²) in [5, 5.41) is 6.67. The molecule has 20 heavy (non-hydrogen) atoms. The minimum Gasteiger partial charge on any atom is -0.377 e. The molecule has 0 aromatic carbocycles. The van der Waals surface area contributed by atoms with E-state index in [-0.39, 0.29) is 29.6 Å². The normalized spacial score (nSPS) is 17.6. The highest BCUT2D eigenvalue weighted by atomic mass is 127. The van der Waals surface area contributed by atoms with E-state index in [2.05, 4.69) is 48.3 Å². The van der Waals surface area contributed by atoms with Crippen LogP contribution in [0.5, 0.6) is 0 Å². The minimum absolute atomic E-state index is 0. The number of methoxy groups -OCH3 is 1. The molecule has 0 aliphatic heterocycles. The van der Waals surface area contributed by atoms with Gasteiger partial charge in [0.25, 0.3) is 0 Å². The van der Waals surface area contributed by atoms with Gasteiger partial charge in [-0.2, -0.15) is 0 Å². The lowest BCUT2D eigenvalue weighted by atomic mass is 10.1. The Hall–Kier alpha value is -0.0800. The number of ether oxygens (including phenoxy) is 1. The second-order valence-electron chi connectivity index (χ2n) is 6.02. The van der Waals surface area contributed by atoms with Crippen LogP contribution in [0.4, 0.5) is 0 Å². The van der Waals surface area contributed by atoms with Crippen LogP contribution in [0, 0.1) is 0 Å². The molecule has 1 unspecified atom stereocenters. The molecule has 1 rings (SSSR count). The maximum Gasteiger partial charge on any atom is 0.191 e. The molecule has 120 valence electrons. The molecule has 0 aromatic rings. The predicted octanol–water partition coefficient (Wildman–Crippen LogP) is 1.68. The smallest absolute Gasteiger partial charge is 0.191 e. The van der Waals surface area contributed by atoms with Crippen molar-refractivity contribution in [3.05, 3.63) is 0 Å². The van der Waals surface area contributed by atoms with E-state index in [1.54, 1.807) is 14.2 Å². The van der Waals surface area contributed by atoms with Gasteiger partial charge in [0.2, 0.25) is 0 Å². The molecule has 0 spiro atoms. The second kappa shape index (κ2) is 9.04. The number of hydrogen-bond donors (Lipinski definition) is 2. The Bertz CT molecular complexity index is 306. The number of hydrogen-bond acceptors (Lipinski definition) is 3. The number of nitrogens with zero attached hydrogens (tertiary/aromatic N) is 2. The summed E-state index contributed by atoms with van der Waals surface area (Å²) in [5.74, 6) is 0.834. The van der Waals surface area contributed by atoms with E-state index in [0.717, 1.165) is 25.1 Å². The van der Waals surface area contributed by atoms with Crippen molar-refractivity contribution in [2.24, 2.45) is 4.99 Å². The van der Waals surface area contributed by atoms with E-state index >= 15 is 0 Å². The minimum atomic E-state index is -0.186. The van der Waals surface area contributed by atoms with Gasteiger partial charge in [0, 0.05) is 39.3 Å². The van der Waals surface area contributed by atoms with Crippen molar-refractivity contribution in [2.75, 3.05) is 34.3 Å². The molecule has 1 aliphatic rings. The zero-order chi connectivity index (χ0) is 14.5. The molecule has 1 atom stereocenters. The molecule has 0 radical (unpaired) electrons. The number of guanidine groups is 1. The van der Waals surface area contributed by atoms with Crippen molar-refractivity contribution in [3.8, 4) is 0 Å². The van der Waals surface area contributed by atoms with Gasteiger partial charge >= 0.3 is 0 Å². The van der Waals surface area contributed by atoms with E-state index in [0.29, 0.717) is 6.04 Å². The highest BCUT2D eigenvalue weighted by Gasteiger charge is 2.29. The van der Waals surface area contributed by atoms with Crippen molar-refractivity contribution < 1.29 is 4.74 Å². The molecule has 2 N–H and O–H groups in total. The maximum absolute atomic E-state index is 5.38. The van der Waals surface area contributed by atoms with Crippen LogP contribution in [0.25, 0.3) is 0 Å². The SMILES string of the molecule is CN=C(NCC(C)N(C)C1CC1)NCC(C)(C)OC.I. The zero-order valence-corrected chi connectivity index (χ0v) is 16.0. The summed E-state index contributed by atoms with van der Waals surface area (Å²) in [5.41, 5.74) is -0.186. The van der Waals surface area contributed by atoms with Crippen molar-refractivity contribution in [2.45, 2.75) is 51.3 Å². The van der Waals surface area contributed by atoms with Crippen molar-refractivity contribution in [1.82, 2.24) is 15.5 Å². The Morgan fingerprint density at radius 2 is 2.00 bits per heavy atom. The van der Waals surface area contributed by atoms with Crippen molar-refractivity contribution in [1.29, 1.82) is 0 Å². The third-order valence-electron chi connectivity index (χ3n) is 3.84. The molecule has 1 saturated carbocycles. The van der Waals surface area contributed by atoms with Crippen LogP contribution in [0.3, 0.4) is 0 Å². The summed E-state index contributed by atoms with van der Waals surface area (Å²) in [7, 11) is 5.73. The predicted molar refractivity (Wildman–Crippen MR) is 96.1 cm³/mol. The third-order valence-corrected chi connectivity index (χ3v) is 3.84. The second-order valence-corrected chi connectivity index (χ2v) is 6.02. The van der Waals surface area contributed by atoms with Gasteiger partial charge in [-0.15, -0.1) is 24.0 Å². The number of aliphatic imine (C=N–C) groups is 1. The van der Waals surface area contributed by atoms with Gasteiger partial charge in [-0.25, -0.2) is 0 Å². The largest absolute Gasteiger partial charge is 0.377 e. The molecule has 1 aliphatic carbocycles. The number of halogens is 1. The topological polar surface area (TPSA) is 48.9 Å². The summed E-state index contributed by atoms with van der Waals surface area (Å²) in [6, 6.07) is 1.31. The van der Waals surface area contributed by atoms with Crippen LogP contribution in [-0.4, -0.2) is 62.8 Å². The van der Waals surface area contributed by atoms with Crippen LogP contribution < -0.4 is 10.6 Å². The van der Waals surface area contributed by atoms with Crippen LogP contribution >= 0.6 is 24.0 Å². The summed E-state index contributed by atoms with van der Waals surface area (Å²) in [4.78, 5) is 6.68. The molecule has 0 bridgehead atoms. The maximum atomic E-state index is 5.38. The van der Waals surface area contributed by atoms with Crippen molar-refractivity contribution in [3.63, 3.8) is 0 Å². The van der Waals surface area contributed by atoms with Gasteiger partial charge in [0.05, 0.1) is 5.60 Å². The monoisotopic (exact) mass is 398 g/mol. The highest BCUT2D eigenvalue weighted by molar-refractivity contribution is 14.0. The Morgan fingerprint density at radius 3 is 2.45 bits per heavy atom. The molecule has 5 nitrogen and oxygen atoms in total. The summed E-state index contributed by atoms with van der Waals surface area (Å²) in [6.07, 6.45) is 2.69. The van der Waals surface area contributed by atoms with Gasteiger partial charge in [-0.1, -0.05) is 0 Å². The van der Waals surface area contributed by atoms with Crippen LogP contribution in [0.2, 0.25) is 0 Å². The fourth-order valence-corrected chi connectivity index (χ4v) is 1.82. The van der Waals surface area contributed by atoms with Crippen LogP contribution in [0.15, 0.2) is 4.99 Å². The van der Waals surface area contributed by atoms with Crippen LogP contribution in [0.1, 0.15) is 33.6 Å².